The van der Waals surface area contributed by atoms with Crippen molar-refractivity contribution in [1.82, 2.24) is 4.57 Å². The van der Waals surface area contributed by atoms with Crippen molar-refractivity contribution in [3.63, 3.8) is 0 Å². The molecule has 6 nitrogen and oxygen atoms in total. The van der Waals surface area contributed by atoms with Crippen LogP contribution in [0.3, 0.4) is 0 Å². The van der Waals surface area contributed by atoms with E-state index in [0.29, 0.717) is 18.0 Å². The maximum Gasteiger partial charge on any atom is 0.424 e. The molecule has 0 saturated carbocycles. The lowest BCUT2D eigenvalue weighted by Gasteiger charge is -2.35. The highest BCUT2D eigenvalue weighted by atomic mass is 16.5. The summed E-state index contributed by atoms with van der Waals surface area (Å²) in [6, 6.07) is 22.2. The van der Waals surface area contributed by atoms with Crippen molar-refractivity contribution in [2.45, 2.75) is 19.1 Å². The minimum absolute atomic E-state index is 0.0605. The van der Waals surface area contributed by atoms with E-state index in [1.165, 1.54) is 21.6 Å². The second-order valence-electron chi connectivity index (χ2n) is 7.83. The lowest BCUT2D eigenvalue weighted by Crippen LogP contribution is -3.13. The quantitative estimate of drug-likeness (QED) is 0.543. The van der Waals surface area contributed by atoms with Crippen molar-refractivity contribution in [3.05, 3.63) is 94.0 Å². The number of hydrogen-bond acceptors (Lipinski definition) is 4. The zero-order valence-corrected chi connectivity index (χ0v) is 17.6. The predicted molar refractivity (Wildman–Crippen MR) is 118 cm³/mol. The molecule has 0 saturated heterocycles. The Morgan fingerprint density at radius 2 is 1.71 bits per heavy atom. The van der Waals surface area contributed by atoms with Crippen LogP contribution in [-0.2, 0) is 13.1 Å². The van der Waals surface area contributed by atoms with Gasteiger partial charge in [0.2, 0.25) is 0 Å². The van der Waals surface area contributed by atoms with E-state index in [-0.39, 0.29) is 11.8 Å². The summed E-state index contributed by atoms with van der Waals surface area (Å²) in [5.74, 6) is 1.14. The lowest BCUT2D eigenvalue weighted by molar-refractivity contribution is -0.949. The number of rotatable bonds is 5. The minimum Gasteiger partial charge on any atom is -0.493 e. The van der Waals surface area contributed by atoms with Gasteiger partial charge in [-0.15, -0.1) is 0 Å². The van der Waals surface area contributed by atoms with Crippen LogP contribution in [0.25, 0.3) is 11.1 Å². The van der Waals surface area contributed by atoms with Crippen LogP contribution >= 0.6 is 0 Å². The number of quaternary nitrogens is 1. The van der Waals surface area contributed by atoms with Crippen LogP contribution in [0.1, 0.15) is 22.7 Å². The normalized spacial score (nSPS) is 18.0. The van der Waals surface area contributed by atoms with Crippen molar-refractivity contribution in [2.75, 3.05) is 20.8 Å². The molecule has 1 aromatic heterocycles. The molecule has 0 radical (unpaired) electrons. The summed E-state index contributed by atoms with van der Waals surface area (Å²) < 4.78 is 18.3. The Hall–Kier alpha value is -3.51. The molecule has 2 atom stereocenters. The number of benzene rings is 3. The number of nitrogens with one attached hydrogen (secondary N) is 1. The van der Waals surface area contributed by atoms with E-state index in [2.05, 4.69) is 36.4 Å². The second kappa shape index (κ2) is 7.96. The van der Waals surface area contributed by atoms with Crippen molar-refractivity contribution >= 4 is 11.1 Å². The van der Waals surface area contributed by atoms with Gasteiger partial charge in [0.05, 0.1) is 26.3 Å². The average Bonchev–Trinajstić information content (AvgIpc) is 3.13. The minimum atomic E-state index is -0.321. The van der Waals surface area contributed by atoms with Gasteiger partial charge in [0, 0.05) is 17.5 Å². The fraction of sp³-hybridized carbons (Fsp3) is 0.240. The van der Waals surface area contributed by atoms with E-state index in [1.807, 2.05) is 30.3 Å². The molecule has 1 aliphatic heterocycles. The van der Waals surface area contributed by atoms with Gasteiger partial charge in [-0.1, -0.05) is 42.5 Å². The molecule has 6 heteroatoms. The molecule has 1 N–H and O–H groups in total. The summed E-state index contributed by atoms with van der Waals surface area (Å²) in [7, 11) is 3.32. The van der Waals surface area contributed by atoms with Gasteiger partial charge in [-0.2, -0.15) is 0 Å². The lowest BCUT2D eigenvalue weighted by atomic mass is 9.88. The molecule has 5 rings (SSSR count). The molecule has 2 heterocycles. The predicted octanol–water partition coefficient (Wildman–Crippen LogP) is 2.80. The maximum atomic E-state index is 12.6. The van der Waals surface area contributed by atoms with Gasteiger partial charge in [0.25, 0.3) is 0 Å². The molecule has 1 aliphatic rings. The van der Waals surface area contributed by atoms with Crippen molar-refractivity contribution in [2.24, 2.45) is 0 Å². The van der Waals surface area contributed by atoms with E-state index in [4.69, 9.17) is 13.9 Å². The SMILES string of the molecule is COc1cc2c(cc1OC)[C@H](c1ccccc1)[NH+](Cn1c(=O)oc3ccccc31)CC2. The Kier molecular flexibility index (Phi) is 5.00. The second-order valence-corrected chi connectivity index (χ2v) is 7.83. The molecule has 4 aromatic rings. The number of aromatic nitrogens is 1. The summed E-state index contributed by atoms with van der Waals surface area (Å²) in [5.41, 5.74) is 5.09. The Morgan fingerprint density at radius 1 is 1.00 bits per heavy atom. The molecular weight excluding hydrogens is 392 g/mol. The number of methoxy groups -OCH3 is 2. The van der Waals surface area contributed by atoms with E-state index in [9.17, 15) is 4.79 Å². The van der Waals surface area contributed by atoms with Gasteiger partial charge in [-0.3, -0.25) is 0 Å². The zero-order chi connectivity index (χ0) is 21.4. The van der Waals surface area contributed by atoms with Crippen LogP contribution in [0.5, 0.6) is 11.5 Å². The summed E-state index contributed by atoms with van der Waals surface area (Å²) >= 11 is 0. The first-order chi connectivity index (χ1) is 15.2. The van der Waals surface area contributed by atoms with Gasteiger partial charge in [-0.25, -0.2) is 9.36 Å². The third kappa shape index (κ3) is 3.39. The number of nitrogens with zero attached hydrogens (tertiary/aromatic N) is 1. The maximum absolute atomic E-state index is 12.6. The zero-order valence-electron chi connectivity index (χ0n) is 17.6. The third-order valence-electron chi connectivity index (χ3n) is 6.15. The highest BCUT2D eigenvalue weighted by molar-refractivity contribution is 5.72. The summed E-state index contributed by atoms with van der Waals surface area (Å²) in [6.45, 7) is 1.40. The largest absolute Gasteiger partial charge is 0.493 e. The van der Waals surface area contributed by atoms with Crippen LogP contribution in [0.15, 0.2) is 75.9 Å². The smallest absolute Gasteiger partial charge is 0.424 e. The molecule has 1 unspecified atom stereocenters. The molecule has 0 spiro atoms. The molecule has 3 aromatic carbocycles. The topological polar surface area (TPSA) is 58.0 Å². The van der Waals surface area contributed by atoms with Crippen LogP contribution in [-0.4, -0.2) is 25.3 Å². The van der Waals surface area contributed by atoms with Crippen LogP contribution in [0.4, 0.5) is 0 Å². The number of ether oxygens (including phenoxy) is 2. The van der Waals surface area contributed by atoms with E-state index >= 15 is 0 Å². The Labute approximate surface area is 180 Å². The Morgan fingerprint density at radius 3 is 2.48 bits per heavy atom. The fourth-order valence-electron chi connectivity index (χ4n) is 4.68. The van der Waals surface area contributed by atoms with Crippen molar-refractivity contribution in [3.8, 4) is 11.5 Å². The highest BCUT2D eigenvalue weighted by Gasteiger charge is 2.34. The first-order valence-corrected chi connectivity index (χ1v) is 10.4. The van der Waals surface area contributed by atoms with Gasteiger partial charge >= 0.3 is 5.76 Å². The Bertz CT molecular complexity index is 1280. The third-order valence-corrected chi connectivity index (χ3v) is 6.15. The first kappa shape index (κ1) is 19.5. The van der Waals surface area contributed by atoms with Gasteiger partial charge in [0.1, 0.15) is 6.04 Å². The monoisotopic (exact) mass is 417 g/mol. The summed E-state index contributed by atoms with van der Waals surface area (Å²) in [5, 5.41) is 0. The molecule has 0 amide bonds. The van der Waals surface area contributed by atoms with E-state index < -0.39 is 0 Å². The molecule has 0 aliphatic carbocycles. The van der Waals surface area contributed by atoms with Gasteiger partial charge in [0.15, 0.2) is 23.8 Å². The van der Waals surface area contributed by atoms with E-state index in [1.54, 1.807) is 18.8 Å². The van der Waals surface area contributed by atoms with E-state index in [0.717, 1.165) is 24.2 Å². The van der Waals surface area contributed by atoms with Gasteiger partial charge in [-0.05, 0) is 29.8 Å². The number of para-hydroxylation sites is 2. The Balaban J connectivity index is 1.62. The number of oxazole rings is 1. The summed E-state index contributed by atoms with van der Waals surface area (Å²) in [6.07, 6.45) is 0.888. The molecule has 0 bridgehead atoms. The first-order valence-electron chi connectivity index (χ1n) is 10.4. The molecule has 31 heavy (non-hydrogen) atoms. The summed E-state index contributed by atoms with van der Waals surface area (Å²) in [4.78, 5) is 13.9. The molecule has 158 valence electrons. The standard InChI is InChI=1S/C25H24N2O4/c1-29-22-14-18-12-13-26(16-27-20-10-6-7-11-21(20)31-25(27)28)24(17-8-4-3-5-9-17)19(18)15-23(22)30-2/h3-11,14-15,24H,12-13,16H2,1-2H3/p+1/t24-/m0/s1. The molecule has 0 fully saturated rings. The van der Waals surface area contributed by atoms with Gasteiger partial charge < -0.3 is 18.8 Å². The fourth-order valence-corrected chi connectivity index (χ4v) is 4.68. The molecular formula is C25H25N2O4+. The van der Waals surface area contributed by atoms with Crippen molar-refractivity contribution < 1.29 is 18.8 Å². The number of hydrogen-bond donors (Lipinski definition) is 1. The number of fused-ring (bicyclic) bond motifs is 2. The highest BCUT2D eigenvalue weighted by Crippen LogP contribution is 2.36. The van der Waals surface area contributed by atoms with Crippen LogP contribution < -0.4 is 20.1 Å². The van der Waals surface area contributed by atoms with Crippen LogP contribution in [0, 0.1) is 0 Å². The van der Waals surface area contributed by atoms with Crippen LogP contribution in [0.2, 0.25) is 0 Å². The average molecular weight is 417 g/mol. The van der Waals surface area contributed by atoms with Crippen molar-refractivity contribution in [1.29, 1.82) is 0 Å².